The molecule has 7 heteroatoms. The lowest BCUT2D eigenvalue weighted by atomic mass is 10.2. The standard InChI is InChI=1S/C14H18N4O3/c1-8(14-16-9(2)18-21-14)15-12-7-11(17-10(3)19)5-6-13(12)20-4/h5-8,15H,1-4H3,(H,17,19)/t8-/m0/s1. The molecular formula is C14H18N4O3. The van der Waals surface area contributed by atoms with Crippen molar-refractivity contribution in [3.05, 3.63) is 29.9 Å². The van der Waals surface area contributed by atoms with Gasteiger partial charge in [-0.3, -0.25) is 4.79 Å². The van der Waals surface area contributed by atoms with Crippen molar-refractivity contribution in [1.82, 2.24) is 10.1 Å². The topological polar surface area (TPSA) is 89.3 Å². The number of aryl methyl sites for hydroxylation is 1. The molecule has 2 aromatic rings. The molecule has 0 fully saturated rings. The van der Waals surface area contributed by atoms with E-state index in [2.05, 4.69) is 20.8 Å². The van der Waals surface area contributed by atoms with Crippen LogP contribution >= 0.6 is 0 Å². The van der Waals surface area contributed by atoms with E-state index in [4.69, 9.17) is 9.26 Å². The summed E-state index contributed by atoms with van der Waals surface area (Å²) in [5.74, 6) is 1.59. The second-order valence-corrected chi connectivity index (χ2v) is 4.64. The summed E-state index contributed by atoms with van der Waals surface area (Å²) in [5, 5.41) is 9.72. The highest BCUT2D eigenvalue weighted by atomic mass is 16.5. The molecule has 2 rings (SSSR count). The number of hydrogen-bond acceptors (Lipinski definition) is 6. The quantitative estimate of drug-likeness (QED) is 0.879. The van der Waals surface area contributed by atoms with E-state index in [1.54, 1.807) is 32.2 Å². The molecule has 0 bridgehead atoms. The molecular weight excluding hydrogens is 272 g/mol. The van der Waals surface area contributed by atoms with Crippen molar-refractivity contribution < 1.29 is 14.1 Å². The van der Waals surface area contributed by atoms with Gasteiger partial charge in [0.1, 0.15) is 11.8 Å². The number of nitrogens with one attached hydrogen (secondary N) is 2. The first kappa shape index (κ1) is 14.8. The summed E-state index contributed by atoms with van der Waals surface area (Å²) in [6.07, 6.45) is 0. The van der Waals surface area contributed by atoms with Crippen LogP contribution in [-0.2, 0) is 4.79 Å². The SMILES string of the molecule is COc1ccc(NC(C)=O)cc1N[C@@H](C)c1nc(C)no1. The summed E-state index contributed by atoms with van der Waals surface area (Å²) < 4.78 is 10.4. The number of anilines is 2. The highest BCUT2D eigenvalue weighted by molar-refractivity contribution is 5.89. The van der Waals surface area contributed by atoms with Crippen molar-refractivity contribution in [2.24, 2.45) is 0 Å². The molecule has 1 aromatic heterocycles. The van der Waals surface area contributed by atoms with Crippen LogP contribution < -0.4 is 15.4 Å². The number of rotatable bonds is 5. The maximum absolute atomic E-state index is 11.1. The van der Waals surface area contributed by atoms with E-state index >= 15 is 0 Å². The molecule has 21 heavy (non-hydrogen) atoms. The fourth-order valence-electron chi connectivity index (χ4n) is 1.89. The van der Waals surface area contributed by atoms with Gasteiger partial charge in [0.2, 0.25) is 11.8 Å². The molecule has 112 valence electrons. The van der Waals surface area contributed by atoms with Crippen molar-refractivity contribution in [3.63, 3.8) is 0 Å². The Balaban J connectivity index is 2.22. The summed E-state index contributed by atoms with van der Waals surface area (Å²) in [4.78, 5) is 15.3. The van der Waals surface area contributed by atoms with Gasteiger partial charge in [-0.05, 0) is 32.0 Å². The lowest BCUT2D eigenvalue weighted by Gasteiger charge is -2.16. The number of carbonyl (C=O) groups excluding carboxylic acids is 1. The average Bonchev–Trinajstić information content (AvgIpc) is 2.85. The van der Waals surface area contributed by atoms with Gasteiger partial charge >= 0.3 is 0 Å². The van der Waals surface area contributed by atoms with E-state index < -0.39 is 0 Å². The summed E-state index contributed by atoms with van der Waals surface area (Å²) in [7, 11) is 1.58. The third-order valence-electron chi connectivity index (χ3n) is 2.81. The Labute approximate surface area is 122 Å². The minimum absolute atomic E-state index is 0.133. The molecule has 0 aliphatic carbocycles. The molecule has 1 atom stereocenters. The molecule has 0 spiro atoms. The molecule has 0 saturated carbocycles. The van der Waals surface area contributed by atoms with Gasteiger partial charge in [0, 0.05) is 12.6 Å². The van der Waals surface area contributed by atoms with Crippen LogP contribution in [0, 0.1) is 6.92 Å². The lowest BCUT2D eigenvalue weighted by molar-refractivity contribution is -0.114. The van der Waals surface area contributed by atoms with Crippen LogP contribution in [0.15, 0.2) is 22.7 Å². The highest BCUT2D eigenvalue weighted by Crippen LogP contribution is 2.30. The second-order valence-electron chi connectivity index (χ2n) is 4.64. The largest absolute Gasteiger partial charge is 0.495 e. The predicted molar refractivity (Wildman–Crippen MR) is 78.4 cm³/mol. The van der Waals surface area contributed by atoms with Gasteiger partial charge in [0.15, 0.2) is 5.82 Å². The minimum atomic E-state index is -0.187. The summed E-state index contributed by atoms with van der Waals surface area (Å²) in [6, 6.07) is 5.15. The van der Waals surface area contributed by atoms with Crippen LogP contribution in [-0.4, -0.2) is 23.2 Å². The Morgan fingerprint density at radius 2 is 2.19 bits per heavy atom. The number of amides is 1. The van der Waals surface area contributed by atoms with Crippen LogP contribution in [0.5, 0.6) is 5.75 Å². The smallest absolute Gasteiger partial charge is 0.248 e. The van der Waals surface area contributed by atoms with Gasteiger partial charge in [-0.1, -0.05) is 5.16 Å². The van der Waals surface area contributed by atoms with Gasteiger partial charge in [-0.2, -0.15) is 4.98 Å². The first-order chi connectivity index (χ1) is 9.99. The Hall–Kier alpha value is -2.57. The van der Waals surface area contributed by atoms with Crippen molar-refractivity contribution in [1.29, 1.82) is 0 Å². The van der Waals surface area contributed by atoms with Gasteiger partial charge in [-0.15, -0.1) is 0 Å². The summed E-state index contributed by atoms with van der Waals surface area (Å²) >= 11 is 0. The molecule has 1 heterocycles. The molecule has 0 radical (unpaired) electrons. The fourth-order valence-corrected chi connectivity index (χ4v) is 1.89. The van der Waals surface area contributed by atoms with Crippen LogP contribution in [0.4, 0.5) is 11.4 Å². The molecule has 0 unspecified atom stereocenters. The van der Waals surface area contributed by atoms with Crippen LogP contribution in [0.25, 0.3) is 0 Å². The summed E-state index contributed by atoms with van der Waals surface area (Å²) in [5.41, 5.74) is 1.41. The van der Waals surface area contributed by atoms with Crippen molar-refractivity contribution in [2.45, 2.75) is 26.8 Å². The number of hydrogen-bond donors (Lipinski definition) is 2. The average molecular weight is 290 g/mol. The Morgan fingerprint density at radius 3 is 2.76 bits per heavy atom. The number of ether oxygens (including phenoxy) is 1. The van der Waals surface area contributed by atoms with Crippen LogP contribution in [0.2, 0.25) is 0 Å². The van der Waals surface area contributed by atoms with E-state index in [1.807, 2.05) is 6.92 Å². The minimum Gasteiger partial charge on any atom is -0.495 e. The first-order valence-corrected chi connectivity index (χ1v) is 6.52. The monoisotopic (exact) mass is 290 g/mol. The van der Waals surface area contributed by atoms with E-state index in [9.17, 15) is 4.79 Å². The number of benzene rings is 1. The third kappa shape index (κ3) is 3.71. The summed E-state index contributed by atoms with van der Waals surface area (Å²) in [6.45, 7) is 5.12. The van der Waals surface area contributed by atoms with Gasteiger partial charge in [0.05, 0.1) is 12.8 Å². The zero-order valence-corrected chi connectivity index (χ0v) is 12.4. The Bertz CT molecular complexity index is 639. The van der Waals surface area contributed by atoms with E-state index in [0.29, 0.717) is 23.2 Å². The first-order valence-electron chi connectivity index (χ1n) is 6.52. The van der Waals surface area contributed by atoms with Crippen molar-refractivity contribution >= 4 is 17.3 Å². The fraction of sp³-hybridized carbons (Fsp3) is 0.357. The van der Waals surface area contributed by atoms with Crippen LogP contribution in [0.3, 0.4) is 0 Å². The maximum Gasteiger partial charge on any atom is 0.248 e. The van der Waals surface area contributed by atoms with E-state index in [1.165, 1.54) is 6.92 Å². The van der Waals surface area contributed by atoms with Crippen molar-refractivity contribution in [2.75, 3.05) is 17.7 Å². The van der Waals surface area contributed by atoms with Crippen molar-refractivity contribution in [3.8, 4) is 5.75 Å². The second kappa shape index (κ2) is 6.25. The zero-order valence-electron chi connectivity index (χ0n) is 12.4. The molecule has 0 aliphatic heterocycles. The van der Waals surface area contributed by atoms with Gasteiger partial charge in [0.25, 0.3) is 0 Å². The zero-order chi connectivity index (χ0) is 15.4. The number of carbonyl (C=O) groups is 1. The molecule has 7 nitrogen and oxygen atoms in total. The van der Waals surface area contributed by atoms with Crippen LogP contribution in [0.1, 0.15) is 31.6 Å². The highest BCUT2D eigenvalue weighted by Gasteiger charge is 2.15. The normalized spacial score (nSPS) is 11.8. The molecule has 1 amide bonds. The predicted octanol–water partition coefficient (Wildman–Crippen LogP) is 2.52. The number of nitrogens with zero attached hydrogens (tertiary/aromatic N) is 2. The number of aromatic nitrogens is 2. The van der Waals surface area contributed by atoms with E-state index in [-0.39, 0.29) is 11.9 Å². The molecule has 0 saturated heterocycles. The van der Waals surface area contributed by atoms with Gasteiger partial charge in [-0.25, -0.2) is 0 Å². The molecule has 0 aliphatic rings. The lowest BCUT2D eigenvalue weighted by Crippen LogP contribution is -2.10. The molecule has 2 N–H and O–H groups in total. The maximum atomic E-state index is 11.1. The molecule has 1 aromatic carbocycles. The van der Waals surface area contributed by atoms with Gasteiger partial charge < -0.3 is 19.9 Å². The number of methoxy groups -OCH3 is 1. The van der Waals surface area contributed by atoms with E-state index in [0.717, 1.165) is 5.69 Å². The Morgan fingerprint density at radius 1 is 1.43 bits per heavy atom. The third-order valence-corrected chi connectivity index (χ3v) is 2.81. The Kier molecular flexibility index (Phi) is 4.42.